The van der Waals surface area contributed by atoms with Gasteiger partial charge in [-0.05, 0) is 39.8 Å². The molecule has 2 rings (SSSR count). The molecule has 1 heterocycles. The van der Waals surface area contributed by atoms with Crippen LogP contribution in [-0.4, -0.2) is 62.7 Å². The topological polar surface area (TPSA) is 113 Å². The van der Waals surface area contributed by atoms with Crippen LogP contribution >= 0.6 is 11.6 Å². The number of ether oxygens (including phenoxy) is 1. The van der Waals surface area contributed by atoms with Crippen LogP contribution in [0, 0.1) is 10.1 Å². The van der Waals surface area contributed by atoms with Crippen LogP contribution < -0.4 is 0 Å². The molecular weight excluding hydrogens is 390 g/mol. The first kappa shape index (κ1) is 21.9. The van der Waals surface area contributed by atoms with Crippen LogP contribution in [0.5, 0.6) is 0 Å². The minimum Gasteiger partial charge on any atom is -0.480 e. The van der Waals surface area contributed by atoms with Gasteiger partial charge in [0, 0.05) is 36.3 Å². The first-order chi connectivity index (χ1) is 12.8. The van der Waals surface area contributed by atoms with E-state index in [0.717, 1.165) is 0 Å². The molecule has 0 spiro atoms. The van der Waals surface area contributed by atoms with Crippen molar-refractivity contribution in [2.45, 2.75) is 45.4 Å². The number of benzene rings is 1. The Hall–Kier alpha value is -2.39. The van der Waals surface area contributed by atoms with Gasteiger partial charge in [0.25, 0.3) is 5.69 Å². The summed E-state index contributed by atoms with van der Waals surface area (Å²) >= 11 is 5.97. The maximum atomic E-state index is 12.4. The van der Waals surface area contributed by atoms with Gasteiger partial charge >= 0.3 is 12.1 Å². The molecule has 0 aliphatic carbocycles. The second-order valence-corrected chi connectivity index (χ2v) is 8.37. The highest BCUT2D eigenvalue weighted by Gasteiger charge is 2.46. The van der Waals surface area contributed by atoms with Crippen LogP contribution in [0.4, 0.5) is 10.5 Å². The van der Waals surface area contributed by atoms with Crippen molar-refractivity contribution in [3.8, 4) is 0 Å². The van der Waals surface area contributed by atoms with Crippen LogP contribution in [0.1, 0.15) is 33.3 Å². The largest absolute Gasteiger partial charge is 0.480 e. The summed E-state index contributed by atoms with van der Waals surface area (Å²) in [6.07, 6.45) is -0.589. The van der Waals surface area contributed by atoms with E-state index in [1.807, 2.05) is 0 Å². The minimum atomic E-state index is -1.44. The lowest BCUT2D eigenvalue weighted by atomic mass is 9.95. The van der Waals surface area contributed by atoms with Crippen LogP contribution in [0.3, 0.4) is 0 Å². The maximum absolute atomic E-state index is 12.4. The predicted molar refractivity (Wildman–Crippen MR) is 102 cm³/mol. The van der Waals surface area contributed by atoms with E-state index >= 15 is 0 Å². The number of hydrogen-bond donors (Lipinski definition) is 1. The second-order valence-electron chi connectivity index (χ2n) is 7.93. The molecule has 10 heteroatoms. The summed E-state index contributed by atoms with van der Waals surface area (Å²) in [6.45, 7) is 7.05. The number of carboxylic acid groups (broad SMARTS) is 1. The first-order valence-corrected chi connectivity index (χ1v) is 9.10. The molecule has 1 atom stereocenters. The lowest BCUT2D eigenvalue weighted by Gasteiger charge is -2.46. The van der Waals surface area contributed by atoms with E-state index < -0.39 is 28.1 Å². The number of nitrogens with zero attached hydrogens (tertiary/aromatic N) is 3. The van der Waals surface area contributed by atoms with Crippen LogP contribution in [0.15, 0.2) is 18.2 Å². The highest BCUT2D eigenvalue weighted by molar-refractivity contribution is 6.30. The number of piperazine rings is 1. The molecule has 0 bridgehead atoms. The molecule has 0 radical (unpaired) electrons. The van der Waals surface area contributed by atoms with Crippen molar-refractivity contribution in [1.29, 1.82) is 0 Å². The van der Waals surface area contributed by atoms with Crippen molar-refractivity contribution in [3.05, 3.63) is 38.9 Å². The molecule has 1 N–H and O–H groups in total. The quantitative estimate of drug-likeness (QED) is 0.595. The third kappa shape index (κ3) is 4.90. The number of amides is 1. The van der Waals surface area contributed by atoms with E-state index in [1.165, 1.54) is 30.0 Å². The van der Waals surface area contributed by atoms with E-state index in [2.05, 4.69) is 0 Å². The first-order valence-electron chi connectivity index (χ1n) is 8.73. The Balaban J connectivity index is 2.28. The molecule has 1 fully saturated rings. The van der Waals surface area contributed by atoms with Crippen LogP contribution in [0.25, 0.3) is 0 Å². The zero-order valence-corrected chi connectivity index (χ0v) is 17.0. The molecule has 1 saturated heterocycles. The second kappa shape index (κ2) is 7.92. The van der Waals surface area contributed by atoms with Gasteiger partial charge in [-0.25, -0.2) is 4.79 Å². The Kier molecular flexibility index (Phi) is 6.20. The van der Waals surface area contributed by atoms with Gasteiger partial charge in [0.2, 0.25) is 0 Å². The SMILES string of the molecule is CC(C)(C)OC(=O)N1CCN(Cc2cc(Cl)ccc2[N+](=O)[O-])C(C)(C(=O)O)C1. The van der Waals surface area contributed by atoms with Gasteiger partial charge in [-0.2, -0.15) is 0 Å². The molecule has 154 valence electrons. The number of carboxylic acids is 1. The Morgan fingerprint density at radius 3 is 2.54 bits per heavy atom. The lowest BCUT2D eigenvalue weighted by molar-refractivity contribution is -0.385. The number of nitro groups is 1. The number of aliphatic carboxylic acids is 1. The van der Waals surface area contributed by atoms with Crippen LogP contribution in [-0.2, 0) is 16.1 Å². The molecule has 1 aromatic rings. The Morgan fingerprint density at radius 1 is 1.36 bits per heavy atom. The fourth-order valence-electron chi connectivity index (χ4n) is 3.04. The third-order valence-electron chi connectivity index (χ3n) is 4.55. The Labute approximate surface area is 168 Å². The van der Waals surface area contributed by atoms with Crippen molar-refractivity contribution >= 4 is 29.4 Å². The molecule has 0 saturated carbocycles. The zero-order chi connectivity index (χ0) is 21.3. The van der Waals surface area contributed by atoms with Gasteiger partial charge in [-0.15, -0.1) is 0 Å². The molecule has 1 aliphatic rings. The normalized spacial score (nSPS) is 20.7. The molecule has 1 aliphatic heterocycles. The van der Waals surface area contributed by atoms with E-state index in [0.29, 0.717) is 10.6 Å². The molecule has 9 nitrogen and oxygen atoms in total. The average Bonchev–Trinajstić information content (AvgIpc) is 2.54. The highest BCUT2D eigenvalue weighted by atomic mass is 35.5. The highest BCUT2D eigenvalue weighted by Crippen LogP contribution is 2.30. The summed E-state index contributed by atoms with van der Waals surface area (Å²) in [5.41, 5.74) is -1.96. The van der Waals surface area contributed by atoms with E-state index in [9.17, 15) is 24.8 Å². The number of carbonyl (C=O) groups excluding carboxylic acids is 1. The predicted octanol–water partition coefficient (Wildman–Crippen LogP) is 3.14. The molecule has 0 aromatic heterocycles. The van der Waals surface area contributed by atoms with Gasteiger partial charge in [0.15, 0.2) is 0 Å². The number of hydrogen-bond acceptors (Lipinski definition) is 6. The van der Waals surface area contributed by atoms with Crippen LogP contribution in [0.2, 0.25) is 5.02 Å². The number of carbonyl (C=O) groups is 2. The average molecular weight is 414 g/mol. The van der Waals surface area contributed by atoms with E-state index in [-0.39, 0.29) is 31.9 Å². The van der Waals surface area contributed by atoms with Gasteiger partial charge in [-0.1, -0.05) is 11.6 Å². The summed E-state index contributed by atoms with van der Waals surface area (Å²) in [5.74, 6) is -1.13. The van der Waals surface area contributed by atoms with Crippen molar-refractivity contribution in [3.63, 3.8) is 0 Å². The van der Waals surface area contributed by atoms with E-state index in [1.54, 1.807) is 25.7 Å². The summed E-state index contributed by atoms with van der Waals surface area (Å²) in [6, 6.07) is 4.18. The Morgan fingerprint density at radius 2 is 2.00 bits per heavy atom. The van der Waals surface area contributed by atoms with E-state index in [4.69, 9.17) is 16.3 Å². The number of halogens is 1. The molecule has 1 amide bonds. The van der Waals surface area contributed by atoms with Gasteiger partial charge < -0.3 is 14.7 Å². The van der Waals surface area contributed by atoms with Crippen molar-refractivity contribution in [2.75, 3.05) is 19.6 Å². The molecule has 28 heavy (non-hydrogen) atoms. The minimum absolute atomic E-state index is 0.0157. The van der Waals surface area contributed by atoms with Gasteiger partial charge in [-0.3, -0.25) is 19.8 Å². The van der Waals surface area contributed by atoms with Crippen molar-refractivity contribution < 1.29 is 24.4 Å². The summed E-state index contributed by atoms with van der Waals surface area (Å²) in [4.78, 5) is 38.1. The molecule has 1 aromatic carbocycles. The fourth-order valence-corrected chi connectivity index (χ4v) is 3.24. The third-order valence-corrected chi connectivity index (χ3v) is 4.78. The number of rotatable bonds is 4. The van der Waals surface area contributed by atoms with Gasteiger partial charge in [0.05, 0.1) is 11.5 Å². The lowest BCUT2D eigenvalue weighted by Crippen LogP contribution is -2.65. The molecule has 1 unspecified atom stereocenters. The monoisotopic (exact) mass is 413 g/mol. The molecular formula is C18H24ClN3O6. The fraction of sp³-hybridized carbons (Fsp3) is 0.556. The smallest absolute Gasteiger partial charge is 0.410 e. The van der Waals surface area contributed by atoms with Gasteiger partial charge in [0.1, 0.15) is 11.1 Å². The number of nitro benzene ring substituents is 1. The summed E-state index contributed by atoms with van der Waals surface area (Å²) in [5, 5.41) is 21.5. The maximum Gasteiger partial charge on any atom is 0.410 e. The Bertz CT molecular complexity index is 794. The summed E-state index contributed by atoms with van der Waals surface area (Å²) in [7, 11) is 0. The van der Waals surface area contributed by atoms with Crippen molar-refractivity contribution in [2.24, 2.45) is 0 Å². The summed E-state index contributed by atoms with van der Waals surface area (Å²) < 4.78 is 5.34. The zero-order valence-electron chi connectivity index (χ0n) is 16.3. The van der Waals surface area contributed by atoms with Crippen molar-refractivity contribution in [1.82, 2.24) is 9.80 Å². The standard InChI is InChI=1S/C18H24ClN3O6/c1-17(2,3)28-16(25)20-7-8-21(18(4,11-20)15(23)24)10-12-9-13(19)5-6-14(12)22(26)27/h5-6,9H,7-8,10-11H2,1-4H3,(H,23,24).